The van der Waals surface area contributed by atoms with E-state index in [1.54, 1.807) is 0 Å². The van der Waals surface area contributed by atoms with Gasteiger partial charge in [0.05, 0.1) is 0 Å². The molecule has 2 aromatic carbocycles. The number of benzene rings is 2. The predicted molar refractivity (Wildman–Crippen MR) is 132 cm³/mol. The van der Waals surface area contributed by atoms with Crippen molar-refractivity contribution in [3.8, 4) is 0 Å². The van der Waals surface area contributed by atoms with Crippen molar-refractivity contribution in [2.75, 3.05) is 0 Å². The fraction of sp³-hybridized carbons (Fsp3) is 0.556. The van der Waals surface area contributed by atoms with E-state index in [0.29, 0.717) is 10.5 Å². The molecule has 0 nitrogen and oxygen atoms in total. The van der Waals surface area contributed by atoms with Crippen molar-refractivity contribution < 1.29 is 0 Å². The lowest BCUT2D eigenvalue weighted by Crippen LogP contribution is -2.30. The molecule has 0 bridgehead atoms. The topological polar surface area (TPSA) is 0 Å². The van der Waals surface area contributed by atoms with Gasteiger partial charge in [0.1, 0.15) is 0 Å². The van der Waals surface area contributed by atoms with Gasteiger partial charge in [0, 0.05) is 20.3 Å². The van der Waals surface area contributed by atoms with Crippen LogP contribution in [-0.2, 0) is 0 Å². The second kappa shape index (κ2) is 13.4. The van der Waals surface area contributed by atoms with E-state index in [0.717, 1.165) is 5.92 Å². The minimum atomic E-state index is 0.701. The van der Waals surface area contributed by atoms with Crippen molar-refractivity contribution in [1.82, 2.24) is 0 Å². The molecule has 1 aliphatic carbocycles. The molecular formula is C27H38S2. The molecule has 1 fully saturated rings. The lowest BCUT2D eigenvalue weighted by atomic mass is 9.85. The highest BCUT2D eigenvalue weighted by atomic mass is 32.2. The normalized spacial score (nSPS) is 17.1. The van der Waals surface area contributed by atoms with Gasteiger partial charge in [0.2, 0.25) is 0 Å². The molecule has 0 saturated heterocycles. The molecule has 2 atom stereocenters. The Balaban J connectivity index is 1.75. The van der Waals surface area contributed by atoms with Crippen LogP contribution in [0.1, 0.15) is 77.6 Å². The number of hydrogen-bond acceptors (Lipinski definition) is 2. The fourth-order valence-corrected chi connectivity index (χ4v) is 7.53. The number of unbranched alkanes of at least 4 members (excludes halogenated alkanes) is 4. The van der Waals surface area contributed by atoms with Crippen molar-refractivity contribution in [2.24, 2.45) is 5.92 Å². The monoisotopic (exact) mass is 426 g/mol. The Kier molecular flexibility index (Phi) is 10.6. The zero-order valence-electron chi connectivity index (χ0n) is 18.1. The van der Waals surface area contributed by atoms with Crippen molar-refractivity contribution in [3.05, 3.63) is 60.7 Å². The first-order valence-electron chi connectivity index (χ1n) is 11.8. The van der Waals surface area contributed by atoms with Gasteiger partial charge < -0.3 is 0 Å². The third kappa shape index (κ3) is 8.06. The Bertz CT molecular complexity index is 649. The fourth-order valence-electron chi connectivity index (χ4n) is 4.51. The highest BCUT2D eigenvalue weighted by molar-refractivity contribution is 8.03. The average Bonchev–Trinajstić information content (AvgIpc) is 2.79. The van der Waals surface area contributed by atoms with Crippen molar-refractivity contribution in [1.29, 1.82) is 0 Å². The quantitative estimate of drug-likeness (QED) is 0.245. The van der Waals surface area contributed by atoms with Gasteiger partial charge in [0.15, 0.2) is 0 Å². The molecule has 29 heavy (non-hydrogen) atoms. The molecule has 0 aliphatic heterocycles. The van der Waals surface area contributed by atoms with Crippen LogP contribution in [0.3, 0.4) is 0 Å². The summed E-state index contributed by atoms with van der Waals surface area (Å²) in [6.45, 7) is 2.31. The maximum absolute atomic E-state index is 2.31. The van der Waals surface area contributed by atoms with E-state index in [4.69, 9.17) is 0 Å². The second-order valence-electron chi connectivity index (χ2n) is 8.47. The summed E-state index contributed by atoms with van der Waals surface area (Å²) in [5.74, 6) is 0.866. The molecule has 2 heteroatoms. The van der Waals surface area contributed by atoms with Crippen LogP contribution in [0, 0.1) is 5.92 Å². The van der Waals surface area contributed by atoms with Crippen LogP contribution in [0.15, 0.2) is 70.5 Å². The Morgan fingerprint density at radius 3 is 1.93 bits per heavy atom. The van der Waals surface area contributed by atoms with Crippen LogP contribution in [0.25, 0.3) is 0 Å². The number of hydrogen-bond donors (Lipinski definition) is 0. The van der Waals surface area contributed by atoms with Crippen molar-refractivity contribution in [2.45, 2.75) is 97.8 Å². The highest BCUT2D eigenvalue weighted by Crippen LogP contribution is 2.44. The maximum atomic E-state index is 2.31. The summed E-state index contributed by atoms with van der Waals surface area (Å²) in [5.41, 5.74) is 0. The molecule has 0 N–H and O–H groups in total. The zero-order chi connectivity index (χ0) is 20.2. The smallest absolute Gasteiger partial charge is 0.0245 e. The number of rotatable bonds is 12. The van der Waals surface area contributed by atoms with Gasteiger partial charge in [-0.05, 0) is 49.4 Å². The van der Waals surface area contributed by atoms with E-state index in [2.05, 4.69) is 91.1 Å². The molecule has 0 spiro atoms. The Morgan fingerprint density at radius 1 is 0.724 bits per heavy atom. The first kappa shape index (κ1) is 22.8. The van der Waals surface area contributed by atoms with Crippen LogP contribution in [0.2, 0.25) is 0 Å². The van der Waals surface area contributed by atoms with Gasteiger partial charge in [-0.3, -0.25) is 0 Å². The van der Waals surface area contributed by atoms with Gasteiger partial charge >= 0.3 is 0 Å². The van der Waals surface area contributed by atoms with E-state index in [-0.39, 0.29) is 0 Å². The Hall–Kier alpha value is -0.860. The summed E-state index contributed by atoms with van der Waals surface area (Å²) in [6.07, 6.45) is 15.4. The maximum Gasteiger partial charge on any atom is 0.0245 e. The van der Waals surface area contributed by atoms with Crippen LogP contribution in [-0.4, -0.2) is 10.5 Å². The second-order valence-corrected chi connectivity index (χ2v) is 11.0. The molecule has 0 aromatic heterocycles. The molecule has 0 unspecified atom stereocenters. The molecule has 1 saturated carbocycles. The van der Waals surface area contributed by atoms with Crippen molar-refractivity contribution in [3.63, 3.8) is 0 Å². The van der Waals surface area contributed by atoms with E-state index in [1.807, 2.05) is 0 Å². The molecule has 3 rings (SSSR count). The molecule has 158 valence electrons. The van der Waals surface area contributed by atoms with Gasteiger partial charge in [-0.1, -0.05) is 94.7 Å². The third-order valence-electron chi connectivity index (χ3n) is 6.12. The van der Waals surface area contributed by atoms with E-state index in [1.165, 1.54) is 80.4 Å². The predicted octanol–water partition coefficient (Wildman–Crippen LogP) is 9.25. The van der Waals surface area contributed by atoms with Gasteiger partial charge in [-0.25, -0.2) is 0 Å². The van der Waals surface area contributed by atoms with E-state index in [9.17, 15) is 0 Å². The van der Waals surface area contributed by atoms with Gasteiger partial charge in [-0.15, -0.1) is 23.5 Å². The summed E-state index contributed by atoms with van der Waals surface area (Å²) in [4.78, 5) is 2.90. The lowest BCUT2D eigenvalue weighted by molar-refractivity contribution is 0.340. The Labute approximate surface area is 187 Å². The summed E-state index contributed by atoms with van der Waals surface area (Å²) in [6, 6.07) is 22.3. The number of thioether (sulfide) groups is 2. The molecule has 0 amide bonds. The Morgan fingerprint density at radius 2 is 1.31 bits per heavy atom. The summed E-state index contributed by atoms with van der Waals surface area (Å²) < 4.78 is 0. The SMILES string of the molecule is CCCCCCC[C@H](Sc1ccccc1)[C@H](Sc1ccccc1)C1CCCCC1. The van der Waals surface area contributed by atoms with E-state index >= 15 is 0 Å². The summed E-state index contributed by atoms with van der Waals surface area (Å²) in [5, 5.41) is 1.42. The standard InChI is InChI=1S/C27H38S2/c1-2-3-4-5-15-22-26(28-24-18-11-7-12-19-24)27(23-16-9-6-10-17-23)29-25-20-13-8-14-21-25/h7-8,11-14,18-21,23,26-27H,2-6,9-10,15-17,22H2,1H3/t26-,27+/m0/s1. The minimum absolute atomic E-state index is 0.701. The minimum Gasteiger partial charge on any atom is -0.122 e. The van der Waals surface area contributed by atoms with Crippen LogP contribution in [0.5, 0.6) is 0 Å². The molecule has 0 heterocycles. The van der Waals surface area contributed by atoms with Crippen molar-refractivity contribution >= 4 is 23.5 Å². The van der Waals surface area contributed by atoms with E-state index < -0.39 is 0 Å². The third-order valence-corrected chi connectivity index (χ3v) is 9.20. The van der Waals surface area contributed by atoms with Crippen LogP contribution in [0.4, 0.5) is 0 Å². The average molecular weight is 427 g/mol. The first-order valence-corrected chi connectivity index (χ1v) is 13.6. The highest BCUT2D eigenvalue weighted by Gasteiger charge is 2.32. The largest absolute Gasteiger partial charge is 0.122 e. The van der Waals surface area contributed by atoms with Crippen LogP contribution >= 0.6 is 23.5 Å². The van der Waals surface area contributed by atoms with Crippen LogP contribution < -0.4 is 0 Å². The lowest BCUT2D eigenvalue weighted by Gasteiger charge is -2.35. The first-order chi connectivity index (χ1) is 14.4. The molecule has 2 aromatic rings. The molecular weight excluding hydrogens is 388 g/mol. The zero-order valence-corrected chi connectivity index (χ0v) is 19.7. The van der Waals surface area contributed by atoms with Gasteiger partial charge in [0.25, 0.3) is 0 Å². The molecule has 1 aliphatic rings. The summed E-state index contributed by atoms with van der Waals surface area (Å²) >= 11 is 4.32. The van der Waals surface area contributed by atoms with Gasteiger partial charge in [-0.2, -0.15) is 0 Å². The summed E-state index contributed by atoms with van der Waals surface area (Å²) in [7, 11) is 0. The molecule has 0 radical (unpaired) electrons.